The summed E-state index contributed by atoms with van der Waals surface area (Å²) < 4.78 is 1.71. The van der Waals surface area contributed by atoms with Gasteiger partial charge in [0.1, 0.15) is 0 Å². The van der Waals surface area contributed by atoms with Gasteiger partial charge in [-0.1, -0.05) is 0 Å². The Kier molecular flexibility index (Phi) is 4.22. The van der Waals surface area contributed by atoms with E-state index in [2.05, 4.69) is 83.8 Å². The van der Waals surface area contributed by atoms with Crippen molar-refractivity contribution < 1.29 is 13.2 Å². The fourth-order valence-corrected chi connectivity index (χ4v) is 16.2. The summed E-state index contributed by atoms with van der Waals surface area (Å²) in [4.78, 5) is 0. The molecule has 15 heavy (non-hydrogen) atoms. The third-order valence-corrected chi connectivity index (χ3v) is 14.9. The summed E-state index contributed by atoms with van der Waals surface area (Å²) in [6, 6.07) is 6.42. The fourth-order valence-electron chi connectivity index (χ4n) is 1.95. The monoisotopic (exact) mass is 534 g/mol. The molecule has 0 aromatic heterocycles. The number of rotatable bonds is 1. The van der Waals surface area contributed by atoms with Crippen LogP contribution in [0.4, 0.5) is 0 Å². The SMILES string of the molecule is CC1=Cc2c(Br)cccc2[CH]1[Zr]([Br])([Br])[Br]. The summed E-state index contributed by atoms with van der Waals surface area (Å²) in [5.41, 5.74) is 4.18. The molecule has 0 saturated carbocycles. The first-order valence-electron chi connectivity index (χ1n) is 4.44. The van der Waals surface area contributed by atoms with Gasteiger partial charge in [-0.05, 0) is 0 Å². The van der Waals surface area contributed by atoms with E-state index in [1.165, 1.54) is 21.2 Å². The minimum absolute atomic E-state index is 0.520. The van der Waals surface area contributed by atoms with E-state index >= 15 is 0 Å². The zero-order valence-electron chi connectivity index (χ0n) is 7.90. The van der Waals surface area contributed by atoms with Gasteiger partial charge in [-0.2, -0.15) is 0 Å². The maximum atomic E-state index is 3.83. The third-order valence-electron chi connectivity index (χ3n) is 2.55. The van der Waals surface area contributed by atoms with Crippen molar-refractivity contribution in [2.45, 2.75) is 10.5 Å². The summed E-state index contributed by atoms with van der Waals surface area (Å²) in [6.07, 6.45) is 2.28. The summed E-state index contributed by atoms with van der Waals surface area (Å²) >= 11 is 12.6. The number of hydrogen-bond acceptors (Lipinski definition) is 0. The first kappa shape index (κ1) is 13.2. The Balaban J connectivity index is 2.59. The second-order valence-electron chi connectivity index (χ2n) is 3.61. The second kappa shape index (κ2) is 4.80. The molecule has 0 bridgehead atoms. The quantitative estimate of drug-likeness (QED) is 0.412. The average molecular weight is 539 g/mol. The molecule has 1 aliphatic carbocycles. The van der Waals surface area contributed by atoms with Gasteiger partial charge < -0.3 is 0 Å². The zero-order valence-corrected chi connectivity index (χ0v) is 16.7. The molecular weight excluding hydrogens is 531 g/mol. The molecule has 2 rings (SSSR count). The van der Waals surface area contributed by atoms with Gasteiger partial charge in [0, 0.05) is 0 Å². The molecule has 1 unspecified atom stereocenters. The van der Waals surface area contributed by atoms with Gasteiger partial charge in [0.15, 0.2) is 0 Å². The van der Waals surface area contributed by atoms with Crippen LogP contribution in [-0.2, 0) is 13.2 Å². The molecule has 5 heteroatoms. The van der Waals surface area contributed by atoms with E-state index in [4.69, 9.17) is 0 Å². The van der Waals surface area contributed by atoms with Crippen LogP contribution in [0.15, 0.2) is 28.2 Å². The Morgan fingerprint density at radius 3 is 2.47 bits per heavy atom. The molecule has 0 saturated heterocycles. The molecule has 0 N–H and O–H groups in total. The number of allylic oxidation sites excluding steroid dienone is 1. The van der Waals surface area contributed by atoms with Crippen molar-refractivity contribution in [1.29, 1.82) is 0 Å². The van der Waals surface area contributed by atoms with Gasteiger partial charge >= 0.3 is 122 Å². The zero-order chi connectivity index (χ0) is 11.2. The topological polar surface area (TPSA) is 0 Å². The van der Waals surface area contributed by atoms with Crippen LogP contribution in [0.1, 0.15) is 21.7 Å². The van der Waals surface area contributed by atoms with Crippen molar-refractivity contribution in [3.63, 3.8) is 0 Å². The number of fused-ring (bicyclic) bond motifs is 1. The molecule has 0 radical (unpaired) electrons. The summed E-state index contributed by atoms with van der Waals surface area (Å²) in [7, 11) is 0. The first-order valence-corrected chi connectivity index (χ1v) is 23.5. The molecule has 0 nitrogen and oxygen atoms in total. The van der Waals surface area contributed by atoms with Gasteiger partial charge in [-0.3, -0.25) is 0 Å². The van der Waals surface area contributed by atoms with E-state index in [0.717, 1.165) is 0 Å². The number of benzene rings is 1. The Hall–Kier alpha value is 1.76. The van der Waals surface area contributed by atoms with Crippen molar-refractivity contribution in [3.8, 4) is 0 Å². The van der Waals surface area contributed by atoms with Crippen LogP contribution in [0.3, 0.4) is 0 Å². The Morgan fingerprint density at radius 2 is 1.87 bits per heavy atom. The Morgan fingerprint density at radius 1 is 1.20 bits per heavy atom. The van der Waals surface area contributed by atoms with Gasteiger partial charge in [0.25, 0.3) is 0 Å². The minimum atomic E-state index is -2.45. The van der Waals surface area contributed by atoms with E-state index in [0.29, 0.717) is 3.63 Å². The molecule has 0 amide bonds. The van der Waals surface area contributed by atoms with Crippen molar-refractivity contribution in [3.05, 3.63) is 39.4 Å². The molecule has 80 valence electrons. The van der Waals surface area contributed by atoms with Gasteiger partial charge in [0.05, 0.1) is 0 Å². The van der Waals surface area contributed by atoms with Gasteiger partial charge in [0.2, 0.25) is 0 Å². The van der Waals surface area contributed by atoms with E-state index in [9.17, 15) is 0 Å². The first-order chi connectivity index (χ1) is 6.91. The van der Waals surface area contributed by atoms with Gasteiger partial charge in [-0.15, -0.1) is 0 Å². The van der Waals surface area contributed by atoms with Crippen LogP contribution in [0, 0.1) is 0 Å². The Labute approximate surface area is 120 Å². The predicted octanol–water partition coefficient (Wildman–Crippen LogP) is 5.99. The number of hydrogen-bond donors (Lipinski definition) is 0. The standard InChI is InChI=1S/C10H8Br.3BrH.Zr/c1-7-5-8-3-2-4-10(11)9(8)6-7;;;;/h2-6H,1H3;3*1H;/q;;;;+3/p-3. The molecule has 1 aliphatic rings. The molecule has 0 spiro atoms. The van der Waals surface area contributed by atoms with Crippen molar-refractivity contribution in [2.24, 2.45) is 0 Å². The Bertz CT molecular complexity index is 434. The van der Waals surface area contributed by atoms with Crippen LogP contribution in [0.5, 0.6) is 0 Å². The third kappa shape index (κ3) is 2.62. The maximum absolute atomic E-state index is 3.83. The van der Waals surface area contributed by atoms with E-state index in [1.54, 1.807) is 0 Å². The summed E-state index contributed by atoms with van der Waals surface area (Å²) in [5, 5.41) is 0. The summed E-state index contributed by atoms with van der Waals surface area (Å²) in [5.74, 6) is 0. The van der Waals surface area contributed by atoms with Crippen LogP contribution < -0.4 is 0 Å². The average Bonchev–Trinajstić information content (AvgIpc) is 2.41. The van der Waals surface area contributed by atoms with Crippen molar-refractivity contribution >= 4 is 58.7 Å². The van der Waals surface area contributed by atoms with Crippen LogP contribution in [-0.4, -0.2) is 0 Å². The van der Waals surface area contributed by atoms with Crippen molar-refractivity contribution in [2.75, 3.05) is 0 Å². The van der Waals surface area contributed by atoms with Crippen LogP contribution >= 0.6 is 52.6 Å². The van der Waals surface area contributed by atoms with Crippen LogP contribution in [0.2, 0.25) is 0 Å². The normalized spacial score (nSPS) is 20.1. The van der Waals surface area contributed by atoms with E-state index in [1.807, 2.05) is 0 Å². The molecule has 1 atom stereocenters. The molecule has 1 aromatic rings. The fraction of sp³-hybridized carbons (Fsp3) is 0.200. The molecule has 0 fully saturated rings. The van der Waals surface area contributed by atoms with E-state index in [-0.39, 0.29) is 0 Å². The summed E-state index contributed by atoms with van der Waals surface area (Å²) in [6.45, 7) is 2.20. The van der Waals surface area contributed by atoms with E-state index < -0.39 is 13.2 Å². The number of halogens is 4. The molecule has 1 aromatic carbocycles. The molecule has 0 heterocycles. The predicted molar refractivity (Wildman–Crippen MR) is 77.3 cm³/mol. The van der Waals surface area contributed by atoms with Gasteiger partial charge in [-0.25, -0.2) is 0 Å². The second-order valence-corrected chi connectivity index (χ2v) is 49.6. The molecule has 0 aliphatic heterocycles. The molecular formula is C10H8Br4Zr. The van der Waals surface area contributed by atoms with Crippen LogP contribution in [0.25, 0.3) is 6.08 Å². The van der Waals surface area contributed by atoms with Crippen molar-refractivity contribution in [1.82, 2.24) is 0 Å².